The van der Waals surface area contributed by atoms with Gasteiger partial charge in [-0.2, -0.15) is 9.36 Å². The van der Waals surface area contributed by atoms with Crippen LogP contribution >= 0.6 is 0 Å². The number of carbonyl (C=O) groups is 4. The zero-order valence-electron chi connectivity index (χ0n) is 37.1. The van der Waals surface area contributed by atoms with Crippen molar-refractivity contribution in [2.24, 2.45) is 0 Å². The van der Waals surface area contributed by atoms with E-state index in [1.165, 1.54) is 19.2 Å². The van der Waals surface area contributed by atoms with Crippen molar-refractivity contribution in [1.29, 1.82) is 0 Å². The van der Waals surface area contributed by atoms with Crippen molar-refractivity contribution < 1.29 is 28.8 Å². The Labute approximate surface area is 389 Å². The second kappa shape index (κ2) is 22.7. The van der Waals surface area contributed by atoms with Crippen molar-refractivity contribution in [3.05, 3.63) is 173 Å². The minimum absolute atomic E-state index is 0.0805. The Morgan fingerprint density at radius 2 is 0.985 bits per heavy atom. The molecule has 18 heteroatoms. The van der Waals surface area contributed by atoms with E-state index >= 15 is 0 Å². The van der Waals surface area contributed by atoms with Gasteiger partial charge in [0.15, 0.2) is 11.6 Å². The third-order valence-electron chi connectivity index (χ3n) is 10.6. The molecule has 68 heavy (non-hydrogen) atoms. The zero-order chi connectivity index (χ0) is 47.8. The molecule has 0 spiro atoms. The second-order valence-electron chi connectivity index (χ2n) is 15.2. The number of nitrogens with zero attached hydrogens (tertiary/aromatic N) is 9. The van der Waals surface area contributed by atoms with Crippen LogP contribution in [0.3, 0.4) is 0 Å². The predicted octanol–water partition coefficient (Wildman–Crippen LogP) is 8.36. The SMILES string of the molecule is CC(=O)CCc1nnnn1-c1cccc2ccccc12.COC(=O)CCC(=O)Nc1cccc2ccccc12.O=C(CCc1nnnn1-c1cccc2ccccc12)Nc1ccccc1[N+](=O)[O-]. The molecule has 0 unspecified atom stereocenters. The van der Waals surface area contributed by atoms with Gasteiger partial charge in [0.2, 0.25) is 11.8 Å². The number of rotatable bonds is 14. The van der Waals surface area contributed by atoms with Crippen LogP contribution in [0.1, 0.15) is 44.3 Å². The molecule has 0 atom stereocenters. The summed E-state index contributed by atoms with van der Waals surface area (Å²) in [4.78, 5) is 56.7. The van der Waals surface area contributed by atoms with E-state index in [0.29, 0.717) is 24.5 Å². The van der Waals surface area contributed by atoms with Gasteiger partial charge in [-0.1, -0.05) is 121 Å². The lowest BCUT2D eigenvalue weighted by atomic mass is 10.1. The summed E-state index contributed by atoms with van der Waals surface area (Å²) >= 11 is 0. The molecular weight excluding hydrogens is 867 g/mol. The number of hydrogen-bond acceptors (Lipinski definition) is 13. The van der Waals surface area contributed by atoms with Gasteiger partial charge in [-0.15, -0.1) is 10.2 Å². The molecule has 342 valence electrons. The number of tetrazole rings is 2. The Balaban J connectivity index is 0.000000156. The molecule has 2 amide bonds. The minimum atomic E-state index is -0.531. The molecule has 0 radical (unpaired) electrons. The van der Waals surface area contributed by atoms with Crippen molar-refractivity contribution >= 4 is 72.9 Å². The van der Waals surface area contributed by atoms with Gasteiger partial charge in [0.25, 0.3) is 5.69 Å². The van der Waals surface area contributed by atoms with E-state index < -0.39 is 4.92 Å². The first-order valence-corrected chi connectivity index (χ1v) is 21.5. The van der Waals surface area contributed by atoms with Gasteiger partial charge in [0, 0.05) is 60.0 Å². The number of nitro groups is 1. The smallest absolute Gasteiger partial charge is 0.306 e. The number of fused-ring (bicyclic) bond motifs is 3. The number of benzene rings is 7. The number of aromatic nitrogens is 8. The largest absolute Gasteiger partial charge is 0.469 e. The number of nitro benzene ring substituents is 1. The van der Waals surface area contributed by atoms with Gasteiger partial charge in [-0.3, -0.25) is 24.5 Å². The highest BCUT2D eigenvalue weighted by atomic mass is 16.6. The Bertz CT molecular complexity index is 3230. The molecule has 7 aromatic carbocycles. The first kappa shape index (κ1) is 46.9. The molecule has 0 saturated heterocycles. The van der Waals surface area contributed by atoms with E-state index in [1.807, 2.05) is 115 Å². The Morgan fingerprint density at radius 1 is 0.544 bits per heavy atom. The molecule has 0 aliphatic heterocycles. The third-order valence-corrected chi connectivity index (χ3v) is 10.6. The van der Waals surface area contributed by atoms with Crippen molar-refractivity contribution in [2.45, 2.75) is 45.4 Å². The van der Waals surface area contributed by atoms with E-state index in [2.05, 4.69) is 58.6 Å². The van der Waals surface area contributed by atoms with E-state index in [4.69, 9.17) is 0 Å². The molecule has 0 aliphatic carbocycles. The molecule has 0 fully saturated rings. The van der Waals surface area contributed by atoms with Crippen LogP contribution in [0.2, 0.25) is 0 Å². The van der Waals surface area contributed by atoms with Gasteiger partial charge in [-0.05, 0) is 68.2 Å². The van der Waals surface area contributed by atoms with Crippen molar-refractivity contribution in [1.82, 2.24) is 40.4 Å². The Hall–Kier alpha value is -9.06. The summed E-state index contributed by atoms with van der Waals surface area (Å²) in [6.07, 6.45) is 1.57. The number of esters is 1. The molecule has 2 heterocycles. The number of anilines is 2. The number of methoxy groups -OCH3 is 1. The molecular formula is C50H45N11O7. The molecule has 9 aromatic rings. The average Bonchev–Trinajstić information content (AvgIpc) is 4.05. The fourth-order valence-corrected chi connectivity index (χ4v) is 7.21. The highest BCUT2D eigenvalue weighted by Crippen LogP contribution is 2.26. The van der Waals surface area contributed by atoms with E-state index in [-0.39, 0.29) is 60.6 Å². The van der Waals surface area contributed by atoms with Crippen molar-refractivity contribution in [3.63, 3.8) is 0 Å². The maximum Gasteiger partial charge on any atom is 0.306 e. The molecule has 9 rings (SSSR count). The van der Waals surface area contributed by atoms with Crippen LogP contribution in [0.4, 0.5) is 17.1 Å². The first-order chi connectivity index (χ1) is 33.1. The summed E-state index contributed by atoms with van der Waals surface area (Å²) in [6, 6.07) is 47.4. The van der Waals surface area contributed by atoms with Crippen LogP contribution in [0.25, 0.3) is 43.7 Å². The number of carbonyl (C=O) groups excluding carboxylic acids is 4. The topological polar surface area (TPSA) is 232 Å². The first-order valence-electron chi connectivity index (χ1n) is 21.5. The molecule has 0 saturated carbocycles. The number of nitrogens with one attached hydrogen (secondary N) is 2. The van der Waals surface area contributed by atoms with E-state index in [9.17, 15) is 29.3 Å². The fourth-order valence-electron chi connectivity index (χ4n) is 7.21. The highest BCUT2D eigenvalue weighted by molar-refractivity contribution is 6.02. The van der Waals surface area contributed by atoms with E-state index in [0.717, 1.165) is 49.4 Å². The van der Waals surface area contributed by atoms with Gasteiger partial charge in [0.1, 0.15) is 11.5 Å². The monoisotopic (exact) mass is 911 g/mol. The maximum absolute atomic E-state index is 12.3. The number of amides is 2. The van der Waals surface area contributed by atoms with Gasteiger partial charge >= 0.3 is 5.97 Å². The number of hydrogen-bond donors (Lipinski definition) is 2. The van der Waals surface area contributed by atoms with Crippen LogP contribution in [0.15, 0.2) is 152 Å². The summed E-state index contributed by atoms with van der Waals surface area (Å²) in [5.74, 6) is 0.440. The zero-order valence-corrected chi connectivity index (χ0v) is 37.1. The lowest BCUT2D eigenvalue weighted by molar-refractivity contribution is -0.383. The second-order valence-corrected chi connectivity index (χ2v) is 15.2. The maximum atomic E-state index is 12.3. The molecule has 0 aliphatic rings. The normalized spacial score (nSPS) is 10.6. The van der Waals surface area contributed by atoms with Gasteiger partial charge < -0.3 is 20.2 Å². The highest BCUT2D eigenvalue weighted by Gasteiger charge is 2.17. The Kier molecular flexibility index (Phi) is 15.7. The van der Waals surface area contributed by atoms with Crippen LogP contribution in [-0.2, 0) is 36.8 Å². The summed E-state index contributed by atoms with van der Waals surface area (Å²) in [5, 5.41) is 46.5. The van der Waals surface area contributed by atoms with Crippen LogP contribution in [0.5, 0.6) is 0 Å². The standard InChI is InChI=1S/C20H16N6O3.C15H14N4O.C15H15NO3/c27-20(21-16-9-3-4-10-18(16)26(28)29)13-12-19-22-23-24-25(19)17-11-5-7-14-6-1-2-8-15(14)17;1-11(20)9-10-15-16-17-18-19(15)14-8-4-6-12-5-2-3-7-13(12)14;1-19-15(18)10-9-14(17)16-13-8-4-6-11-5-2-3-7-12(11)13/h1-11H,12-13H2,(H,21,27);2-8H,9-10H2,1H3;2-8H,9-10H2,1H3,(H,16,17). The quantitative estimate of drug-likeness (QED) is 0.0594. The number of ketones is 1. The number of aryl methyl sites for hydroxylation is 2. The summed E-state index contributed by atoms with van der Waals surface area (Å²) in [7, 11) is 1.31. The summed E-state index contributed by atoms with van der Waals surface area (Å²) < 4.78 is 7.83. The number of Topliss-reactive ketones (excluding diaryl/α,β-unsaturated/α-hetero) is 1. The lowest BCUT2D eigenvalue weighted by Crippen LogP contribution is -2.15. The molecule has 18 nitrogen and oxygen atoms in total. The summed E-state index contributed by atoms with van der Waals surface area (Å²) in [5.41, 5.74) is 2.53. The fraction of sp³-hybridized carbons (Fsp3) is 0.160. The van der Waals surface area contributed by atoms with Crippen molar-refractivity contribution in [2.75, 3.05) is 17.7 Å². The molecule has 2 aromatic heterocycles. The van der Waals surface area contributed by atoms with Crippen molar-refractivity contribution in [3.8, 4) is 11.4 Å². The molecule has 2 N–H and O–H groups in total. The minimum Gasteiger partial charge on any atom is -0.469 e. The van der Waals surface area contributed by atoms with Crippen LogP contribution < -0.4 is 10.6 Å². The number of ether oxygens (including phenoxy) is 1. The lowest BCUT2D eigenvalue weighted by Gasteiger charge is -2.09. The average molecular weight is 912 g/mol. The predicted molar refractivity (Wildman–Crippen MR) is 256 cm³/mol. The van der Waals surface area contributed by atoms with Gasteiger partial charge in [0.05, 0.1) is 29.8 Å². The molecule has 0 bridgehead atoms. The third kappa shape index (κ3) is 12.0. The number of para-hydroxylation sites is 2. The summed E-state index contributed by atoms with van der Waals surface area (Å²) in [6.45, 7) is 1.58. The van der Waals surface area contributed by atoms with Gasteiger partial charge in [-0.25, -0.2) is 0 Å². The van der Waals surface area contributed by atoms with Crippen LogP contribution in [-0.4, -0.2) is 76.0 Å². The van der Waals surface area contributed by atoms with E-state index in [1.54, 1.807) is 28.4 Å². The Morgan fingerprint density at radius 3 is 1.54 bits per heavy atom. The van der Waals surface area contributed by atoms with Crippen LogP contribution in [0, 0.1) is 10.1 Å².